The van der Waals surface area contributed by atoms with Crippen LogP contribution in [0.3, 0.4) is 0 Å². The molecule has 2 atom stereocenters. The minimum Gasteiger partial charge on any atom is -0.461 e. The molecule has 0 fully saturated rings. The van der Waals surface area contributed by atoms with Gasteiger partial charge in [-0.1, -0.05) is 67.3 Å². The van der Waals surface area contributed by atoms with Gasteiger partial charge in [-0.3, -0.25) is 0 Å². The van der Waals surface area contributed by atoms with Gasteiger partial charge in [-0.15, -0.1) is 0 Å². The number of hydrogen-bond acceptors (Lipinski definition) is 2. The van der Waals surface area contributed by atoms with Crippen molar-refractivity contribution in [1.82, 2.24) is 0 Å². The molecule has 1 aliphatic rings. The van der Waals surface area contributed by atoms with Gasteiger partial charge in [0.25, 0.3) is 0 Å². The molecule has 2 aromatic rings. The Bertz CT molecular complexity index is 643. The summed E-state index contributed by atoms with van der Waals surface area (Å²) in [5, 5.41) is 10.4. The second kappa shape index (κ2) is 5.35. The van der Waals surface area contributed by atoms with Crippen LogP contribution in [-0.2, 0) is 0 Å². The van der Waals surface area contributed by atoms with E-state index < -0.39 is 6.10 Å². The lowest BCUT2D eigenvalue weighted by Crippen LogP contribution is -2.15. The molecule has 1 aliphatic heterocycles. The van der Waals surface area contributed by atoms with Crippen LogP contribution in [-0.4, -0.2) is 11.2 Å². The van der Waals surface area contributed by atoms with Gasteiger partial charge in [0.2, 0.25) is 0 Å². The molecule has 0 amide bonds. The van der Waals surface area contributed by atoms with E-state index in [0.717, 1.165) is 16.9 Å². The summed E-state index contributed by atoms with van der Waals surface area (Å²) in [5.41, 5.74) is 2.05. The molecule has 0 saturated carbocycles. The average Bonchev–Trinajstić information content (AvgIpc) is 2.82. The zero-order valence-corrected chi connectivity index (χ0v) is 11.1. The first kappa shape index (κ1) is 12.7. The number of rotatable bonds is 3. The summed E-state index contributed by atoms with van der Waals surface area (Å²) < 4.78 is 5.60. The lowest BCUT2D eigenvalue weighted by molar-refractivity contribution is 0.195. The summed E-state index contributed by atoms with van der Waals surface area (Å²) in [4.78, 5) is 0. The van der Waals surface area contributed by atoms with E-state index in [1.165, 1.54) is 0 Å². The summed E-state index contributed by atoms with van der Waals surface area (Å²) in [6.07, 6.45) is 3.06. The number of para-hydroxylation sites is 1. The van der Waals surface area contributed by atoms with Gasteiger partial charge in [0.15, 0.2) is 0 Å². The van der Waals surface area contributed by atoms with Crippen molar-refractivity contribution in [2.24, 2.45) is 0 Å². The van der Waals surface area contributed by atoms with Crippen LogP contribution in [0, 0.1) is 0 Å². The number of aliphatic hydroxyl groups is 1. The Labute approximate surface area is 118 Å². The van der Waals surface area contributed by atoms with E-state index >= 15 is 0 Å². The zero-order chi connectivity index (χ0) is 13.9. The summed E-state index contributed by atoms with van der Waals surface area (Å²) in [5.74, 6) is 1.18. The monoisotopic (exact) mass is 264 g/mol. The molecular weight excluding hydrogens is 248 g/mol. The summed E-state index contributed by atoms with van der Waals surface area (Å²) >= 11 is 0. The van der Waals surface area contributed by atoms with E-state index in [0.29, 0.717) is 5.76 Å². The fraction of sp³-hybridized carbons (Fsp3) is 0.111. The standard InChI is InChI=1S/C18H16O2/c1-13-18(15-9-5-6-10-17(15)20-13)16(19)12-11-14-7-3-2-4-8-14/h2-12,16,18-19H,1H2/b12-11+/t16-,18-/m1/s1. The third-order valence-electron chi connectivity index (χ3n) is 3.47. The molecule has 0 bridgehead atoms. The van der Waals surface area contributed by atoms with Crippen LogP contribution >= 0.6 is 0 Å². The Morgan fingerprint density at radius 2 is 1.75 bits per heavy atom. The third-order valence-corrected chi connectivity index (χ3v) is 3.47. The number of hydrogen-bond donors (Lipinski definition) is 1. The van der Waals surface area contributed by atoms with Gasteiger partial charge in [-0.05, 0) is 11.6 Å². The van der Waals surface area contributed by atoms with Crippen molar-refractivity contribution in [3.8, 4) is 5.75 Å². The highest BCUT2D eigenvalue weighted by Gasteiger charge is 2.32. The van der Waals surface area contributed by atoms with Crippen LogP contribution in [0.2, 0.25) is 0 Å². The molecule has 2 heteroatoms. The van der Waals surface area contributed by atoms with Crippen LogP contribution in [0.1, 0.15) is 17.0 Å². The lowest BCUT2D eigenvalue weighted by atomic mass is 9.93. The Morgan fingerprint density at radius 1 is 1.05 bits per heavy atom. The molecule has 0 spiro atoms. The van der Waals surface area contributed by atoms with Gasteiger partial charge in [-0.2, -0.15) is 0 Å². The van der Waals surface area contributed by atoms with E-state index in [1.54, 1.807) is 6.08 Å². The van der Waals surface area contributed by atoms with E-state index in [4.69, 9.17) is 4.74 Å². The van der Waals surface area contributed by atoms with Crippen LogP contribution in [0.5, 0.6) is 5.75 Å². The second-order valence-corrected chi connectivity index (χ2v) is 4.84. The molecule has 0 saturated heterocycles. The minimum atomic E-state index is -0.647. The predicted octanol–water partition coefficient (Wildman–Crippen LogP) is 3.75. The van der Waals surface area contributed by atoms with Gasteiger partial charge in [0.05, 0.1) is 12.0 Å². The molecule has 0 radical (unpaired) electrons. The molecule has 2 nitrogen and oxygen atoms in total. The maximum absolute atomic E-state index is 10.4. The molecule has 0 aliphatic carbocycles. The van der Waals surface area contributed by atoms with Crippen molar-refractivity contribution in [3.63, 3.8) is 0 Å². The van der Waals surface area contributed by atoms with Crippen LogP contribution < -0.4 is 4.74 Å². The Kier molecular flexibility index (Phi) is 3.40. The molecule has 0 unspecified atom stereocenters. The van der Waals surface area contributed by atoms with Crippen molar-refractivity contribution < 1.29 is 9.84 Å². The Hall–Kier alpha value is -2.32. The van der Waals surface area contributed by atoms with Crippen molar-refractivity contribution in [1.29, 1.82) is 0 Å². The molecule has 2 aromatic carbocycles. The minimum absolute atomic E-state index is 0.203. The molecule has 100 valence electrons. The summed E-state index contributed by atoms with van der Waals surface area (Å²) in [6, 6.07) is 17.6. The summed E-state index contributed by atoms with van der Waals surface area (Å²) in [7, 11) is 0. The maximum Gasteiger partial charge on any atom is 0.130 e. The number of aliphatic hydroxyl groups excluding tert-OH is 1. The fourth-order valence-corrected chi connectivity index (χ4v) is 2.47. The first-order valence-electron chi connectivity index (χ1n) is 6.62. The first-order chi connectivity index (χ1) is 9.75. The smallest absolute Gasteiger partial charge is 0.130 e. The third kappa shape index (κ3) is 2.38. The molecule has 1 heterocycles. The highest BCUT2D eigenvalue weighted by Crippen LogP contribution is 2.41. The van der Waals surface area contributed by atoms with E-state index in [-0.39, 0.29) is 5.92 Å². The Balaban J connectivity index is 1.83. The highest BCUT2D eigenvalue weighted by molar-refractivity contribution is 5.52. The molecule has 20 heavy (non-hydrogen) atoms. The molecule has 1 N–H and O–H groups in total. The molecule has 0 aromatic heterocycles. The Morgan fingerprint density at radius 3 is 2.55 bits per heavy atom. The normalized spacial score (nSPS) is 18.9. The zero-order valence-electron chi connectivity index (χ0n) is 11.1. The average molecular weight is 264 g/mol. The van der Waals surface area contributed by atoms with Crippen molar-refractivity contribution in [3.05, 3.63) is 84.1 Å². The van der Waals surface area contributed by atoms with Crippen LogP contribution in [0.4, 0.5) is 0 Å². The molecular formula is C18H16O2. The van der Waals surface area contributed by atoms with Gasteiger partial charge in [-0.25, -0.2) is 0 Å². The quantitative estimate of drug-likeness (QED) is 0.914. The fourth-order valence-electron chi connectivity index (χ4n) is 2.47. The van der Waals surface area contributed by atoms with Crippen LogP contribution in [0.25, 0.3) is 6.08 Å². The van der Waals surface area contributed by atoms with Crippen molar-refractivity contribution >= 4 is 6.08 Å². The molecule has 3 rings (SSSR count). The van der Waals surface area contributed by atoms with E-state index in [2.05, 4.69) is 6.58 Å². The van der Waals surface area contributed by atoms with Gasteiger partial charge < -0.3 is 9.84 Å². The largest absolute Gasteiger partial charge is 0.461 e. The first-order valence-corrected chi connectivity index (χ1v) is 6.62. The van der Waals surface area contributed by atoms with Gasteiger partial charge in [0.1, 0.15) is 11.5 Å². The number of fused-ring (bicyclic) bond motifs is 1. The summed E-state index contributed by atoms with van der Waals surface area (Å²) in [6.45, 7) is 3.91. The van der Waals surface area contributed by atoms with E-state index in [1.807, 2.05) is 60.7 Å². The number of benzene rings is 2. The van der Waals surface area contributed by atoms with Crippen molar-refractivity contribution in [2.75, 3.05) is 0 Å². The van der Waals surface area contributed by atoms with Crippen LogP contribution in [0.15, 0.2) is 73.0 Å². The highest BCUT2D eigenvalue weighted by atomic mass is 16.5. The van der Waals surface area contributed by atoms with Crippen molar-refractivity contribution in [2.45, 2.75) is 12.0 Å². The second-order valence-electron chi connectivity index (χ2n) is 4.84. The topological polar surface area (TPSA) is 29.5 Å². The van der Waals surface area contributed by atoms with E-state index in [9.17, 15) is 5.11 Å². The van der Waals surface area contributed by atoms with Gasteiger partial charge in [0, 0.05) is 5.56 Å². The SMILES string of the molecule is C=C1Oc2ccccc2[C@@H]1[C@H](O)/C=C/c1ccccc1. The van der Waals surface area contributed by atoms with Gasteiger partial charge >= 0.3 is 0 Å². The maximum atomic E-state index is 10.4. The lowest BCUT2D eigenvalue weighted by Gasteiger charge is -2.14. The predicted molar refractivity (Wildman–Crippen MR) is 80.4 cm³/mol. The number of ether oxygens (including phenoxy) is 1.